The molecule has 4 rings (SSSR count). The van der Waals surface area contributed by atoms with Gasteiger partial charge in [-0.2, -0.15) is 0 Å². The second-order valence-corrected chi connectivity index (χ2v) is 9.71. The molecule has 0 aliphatic carbocycles. The molecule has 3 N–H and O–H groups in total. The van der Waals surface area contributed by atoms with Crippen molar-refractivity contribution in [3.8, 4) is 5.75 Å². The number of hydrogen-bond acceptors (Lipinski definition) is 4. The van der Waals surface area contributed by atoms with Crippen molar-refractivity contribution < 1.29 is 9.53 Å². The minimum absolute atomic E-state index is 0.150. The molecule has 0 spiro atoms. The van der Waals surface area contributed by atoms with Crippen molar-refractivity contribution >= 4 is 63.7 Å². The van der Waals surface area contributed by atoms with Crippen molar-refractivity contribution in [2.45, 2.75) is 10.1 Å². The number of para-hydroxylation sites is 1. The summed E-state index contributed by atoms with van der Waals surface area (Å²) in [6, 6.07) is 32.4. The average Bonchev–Trinajstić information content (AvgIpc) is 2.89. The Morgan fingerprint density at radius 3 is 2.00 bits per heavy atom. The lowest BCUT2D eigenvalue weighted by molar-refractivity contribution is -0.115. The second-order valence-electron chi connectivity index (χ2n) is 7.72. The van der Waals surface area contributed by atoms with Crippen LogP contribution in [0.25, 0.3) is 0 Å². The van der Waals surface area contributed by atoms with Gasteiger partial charge in [0, 0.05) is 22.0 Å². The highest BCUT2D eigenvalue weighted by molar-refractivity contribution is 8.00. The van der Waals surface area contributed by atoms with E-state index in [9.17, 15) is 4.79 Å². The molecule has 0 bridgehead atoms. The van der Waals surface area contributed by atoms with Crippen LogP contribution in [0.15, 0.2) is 108 Å². The third-order valence-corrected chi connectivity index (χ3v) is 6.92. The Bertz CT molecular complexity index is 1320. The van der Waals surface area contributed by atoms with E-state index in [1.54, 1.807) is 25.3 Å². The molecule has 1 amide bonds. The Balaban J connectivity index is 1.45. The fourth-order valence-electron chi connectivity index (χ4n) is 3.42. The fourth-order valence-corrected chi connectivity index (χ4v) is 4.94. The van der Waals surface area contributed by atoms with Gasteiger partial charge in [0.05, 0.1) is 12.1 Å². The van der Waals surface area contributed by atoms with Crippen molar-refractivity contribution in [3.05, 3.63) is 114 Å². The van der Waals surface area contributed by atoms with Crippen LogP contribution in [0.2, 0.25) is 5.02 Å². The zero-order valence-electron chi connectivity index (χ0n) is 19.4. The van der Waals surface area contributed by atoms with E-state index in [-0.39, 0.29) is 5.91 Å². The van der Waals surface area contributed by atoms with E-state index in [1.165, 1.54) is 11.8 Å². The highest BCUT2D eigenvalue weighted by Crippen LogP contribution is 2.37. The number of amides is 1. The van der Waals surface area contributed by atoms with Gasteiger partial charge in [0.25, 0.3) is 0 Å². The molecule has 1 atom stereocenters. The average molecular weight is 534 g/mol. The van der Waals surface area contributed by atoms with Crippen LogP contribution in [-0.2, 0) is 4.79 Å². The van der Waals surface area contributed by atoms with E-state index in [0.717, 1.165) is 21.8 Å². The van der Waals surface area contributed by atoms with Gasteiger partial charge in [-0.1, -0.05) is 60.1 Å². The van der Waals surface area contributed by atoms with Crippen LogP contribution in [0.3, 0.4) is 0 Å². The zero-order chi connectivity index (χ0) is 25.3. The summed E-state index contributed by atoms with van der Waals surface area (Å²) in [7, 11) is 1.55. The third kappa shape index (κ3) is 7.01. The number of rotatable bonds is 8. The molecule has 8 heteroatoms. The van der Waals surface area contributed by atoms with E-state index in [1.807, 2.05) is 84.9 Å². The molecule has 36 heavy (non-hydrogen) atoms. The molecule has 0 radical (unpaired) electrons. The molecule has 0 aromatic heterocycles. The Morgan fingerprint density at radius 2 is 1.39 bits per heavy atom. The Kier molecular flexibility index (Phi) is 8.84. The number of halogens is 1. The van der Waals surface area contributed by atoms with E-state index in [4.69, 9.17) is 28.6 Å². The van der Waals surface area contributed by atoms with E-state index >= 15 is 0 Å². The zero-order valence-corrected chi connectivity index (χ0v) is 21.8. The first kappa shape index (κ1) is 25.6. The monoisotopic (exact) mass is 533 g/mol. The van der Waals surface area contributed by atoms with Crippen molar-refractivity contribution in [1.82, 2.24) is 0 Å². The van der Waals surface area contributed by atoms with Gasteiger partial charge in [0.2, 0.25) is 5.91 Å². The molecule has 0 aliphatic heterocycles. The fraction of sp³-hybridized carbons (Fsp3) is 0.0714. The van der Waals surface area contributed by atoms with Crippen molar-refractivity contribution in [2.75, 3.05) is 23.1 Å². The van der Waals surface area contributed by atoms with Gasteiger partial charge in [-0.3, -0.25) is 4.79 Å². The molecule has 0 aliphatic rings. The largest absolute Gasteiger partial charge is 0.495 e. The van der Waals surface area contributed by atoms with Crippen molar-refractivity contribution in [2.24, 2.45) is 0 Å². The Labute approximate surface area is 225 Å². The van der Waals surface area contributed by atoms with Crippen molar-refractivity contribution in [3.63, 3.8) is 0 Å². The molecule has 0 fully saturated rings. The molecular weight excluding hydrogens is 510 g/mol. The number of methoxy groups -OCH3 is 1. The maximum absolute atomic E-state index is 13.3. The highest BCUT2D eigenvalue weighted by atomic mass is 35.5. The number of carbonyl (C=O) groups excluding carboxylic acids is 1. The highest BCUT2D eigenvalue weighted by Gasteiger charge is 2.22. The normalized spacial score (nSPS) is 11.3. The van der Waals surface area contributed by atoms with Gasteiger partial charge in [-0.15, -0.1) is 11.8 Å². The van der Waals surface area contributed by atoms with Crippen LogP contribution in [0, 0.1) is 0 Å². The Hall–Kier alpha value is -3.52. The van der Waals surface area contributed by atoms with Gasteiger partial charge in [-0.05, 0) is 72.4 Å². The molecule has 182 valence electrons. The number of thioether (sulfide) groups is 1. The number of ether oxygens (including phenoxy) is 1. The minimum Gasteiger partial charge on any atom is -0.495 e. The van der Waals surface area contributed by atoms with E-state index < -0.39 is 5.25 Å². The first-order valence-corrected chi connectivity index (χ1v) is 12.8. The summed E-state index contributed by atoms with van der Waals surface area (Å²) in [6.07, 6.45) is 0. The maximum Gasteiger partial charge on any atom is 0.242 e. The summed E-state index contributed by atoms with van der Waals surface area (Å²) in [5.74, 6) is 0.402. The summed E-state index contributed by atoms with van der Waals surface area (Å²) in [5.41, 5.74) is 3.26. The van der Waals surface area contributed by atoms with Gasteiger partial charge in [0.1, 0.15) is 11.0 Å². The molecule has 5 nitrogen and oxygen atoms in total. The summed E-state index contributed by atoms with van der Waals surface area (Å²) < 4.78 is 5.20. The molecule has 0 saturated heterocycles. The molecule has 1 unspecified atom stereocenters. The number of benzene rings is 4. The lowest BCUT2D eigenvalue weighted by Crippen LogP contribution is -2.19. The number of carbonyl (C=O) groups is 1. The lowest BCUT2D eigenvalue weighted by atomic mass is 10.1. The molecule has 0 saturated carbocycles. The minimum atomic E-state index is -0.466. The van der Waals surface area contributed by atoms with Crippen LogP contribution in [0.1, 0.15) is 10.8 Å². The van der Waals surface area contributed by atoms with E-state index in [0.29, 0.717) is 21.6 Å². The van der Waals surface area contributed by atoms with Gasteiger partial charge in [0.15, 0.2) is 5.11 Å². The van der Waals surface area contributed by atoms with Crippen LogP contribution in [0.5, 0.6) is 5.75 Å². The summed E-state index contributed by atoms with van der Waals surface area (Å²) in [6.45, 7) is 0. The number of thiocarbonyl (C=S) groups is 1. The predicted octanol–water partition coefficient (Wildman–Crippen LogP) is 7.63. The third-order valence-electron chi connectivity index (χ3n) is 5.16. The van der Waals surface area contributed by atoms with Gasteiger partial charge in [-0.25, -0.2) is 0 Å². The summed E-state index contributed by atoms with van der Waals surface area (Å²) in [4.78, 5) is 14.3. The van der Waals surface area contributed by atoms with Crippen LogP contribution in [0.4, 0.5) is 17.1 Å². The van der Waals surface area contributed by atoms with Gasteiger partial charge >= 0.3 is 0 Å². The Morgan fingerprint density at radius 1 is 0.806 bits per heavy atom. The SMILES string of the molecule is COc1ccc(NC(=O)C(Sc2ccc(NC(=S)Nc3ccccc3)cc2)c2ccccc2)cc1Cl. The van der Waals surface area contributed by atoms with Crippen LogP contribution in [-0.4, -0.2) is 18.1 Å². The number of anilines is 3. The second kappa shape index (κ2) is 12.4. The number of hydrogen-bond donors (Lipinski definition) is 3. The molecule has 0 heterocycles. The van der Waals surface area contributed by atoms with E-state index in [2.05, 4.69) is 16.0 Å². The predicted molar refractivity (Wildman–Crippen MR) is 154 cm³/mol. The first-order valence-electron chi connectivity index (χ1n) is 11.1. The van der Waals surface area contributed by atoms with Crippen LogP contribution >= 0.6 is 35.6 Å². The molecule has 4 aromatic rings. The molecule has 4 aromatic carbocycles. The topological polar surface area (TPSA) is 62.4 Å². The maximum atomic E-state index is 13.3. The van der Waals surface area contributed by atoms with Gasteiger partial charge < -0.3 is 20.7 Å². The smallest absolute Gasteiger partial charge is 0.242 e. The first-order chi connectivity index (χ1) is 17.5. The van der Waals surface area contributed by atoms with Crippen molar-refractivity contribution in [1.29, 1.82) is 0 Å². The lowest BCUT2D eigenvalue weighted by Gasteiger charge is -2.18. The summed E-state index contributed by atoms with van der Waals surface area (Å²) >= 11 is 13.1. The quantitative estimate of drug-likeness (QED) is 0.160. The molecular formula is C28H24ClN3O2S2. The number of nitrogens with one attached hydrogen (secondary N) is 3. The van der Waals surface area contributed by atoms with Crippen LogP contribution < -0.4 is 20.7 Å². The summed E-state index contributed by atoms with van der Waals surface area (Å²) in [5, 5.41) is 9.78. The standard InChI is InChI=1S/C28H24ClN3O2S2/c1-34-25-17-14-22(18-24(25)29)30-27(33)26(19-8-4-2-5-9-19)36-23-15-12-21(13-16-23)32-28(35)31-20-10-6-3-7-11-20/h2-18,26H,1H3,(H,30,33)(H2,31,32,35).